The van der Waals surface area contributed by atoms with Gasteiger partial charge in [-0.25, -0.2) is 0 Å². The molecule has 0 bridgehead atoms. The summed E-state index contributed by atoms with van der Waals surface area (Å²) in [5.41, 5.74) is 3.63. The number of benzene rings is 2. The molecule has 25 heavy (non-hydrogen) atoms. The molecule has 0 radical (unpaired) electrons. The van der Waals surface area contributed by atoms with Crippen molar-refractivity contribution in [2.45, 2.75) is 27.2 Å². The van der Waals surface area contributed by atoms with E-state index in [1.54, 1.807) is 12.1 Å². The van der Waals surface area contributed by atoms with Crippen LogP contribution in [0.5, 0.6) is 5.75 Å². The number of ether oxygens (including phenoxy) is 1. The van der Waals surface area contributed by atoms with E-state index in [1.165, 1.54) is 5.56 Å². The number of hydrogen-bond acceptors (Lipinski definition) is 3. The Morgan fingerprint density at radius 2 is 1.92 bits per heavy atom. The van der Waals surface area contributed by atoms with Crippen molar-refractivity contribution in [2.75, 3.05) is 11.9 Å². The average Bonchev–Trinajstić information content (AvgIpc) is 2.57. The maximum absolute atomic E-state index is 12.6. The molecule has 0 unspecified atom stereocenters. The maximum atomic E-state index is 12.6. The van der Waals surface area contributed by atoms with Gasteiger partial charge in [-0.3, -0.25) is 10.1 Å². The van der Waals surface area contributed by atoms with E-state index < -0.39 is 0 Å². The third-order valence-electron chi connectivity index (χ3n) is 3.64. The monoisotopic (exact) mass is 420 g/mol. The molecule has 0 spiro atoms. The summed E-state index contributed by atoms with van der Waals surface area (Å²) in [6.07, 6.45) is 0.865. The van der Waals surface area contributed by atoms with Crippen LogP contribution in [0.3, 0.4) is 0 Å². The molecule has 2 N–H and O–H groups in total. The van der Waals surface area contributed by atoms with Crippen molar-refractivity contribution in [3.05, 3.63) is 57.6 Å². The van der Waals surface area contributed by atoms with Crippen molar-refractivity contribution in [3.8, 4) is 5.75 Å². The van der Waals surface area contributed by atoms with Crippen molar-refractivity contribution in [1.82, 2.24) is 5.32 Å². The van der Waals surface area contributed by atoms with Gasteiger partial charge in [0.25, 0.3) is 5.91 Å². The van der Waals surface area contributed by atoms with Crippen molar-refractivity contribution >= 4 is 44.9 Å². The number of amides is 1. The molecule has 0 aromatic heterocycles. The second kappa shape index (κ2) is 8.97. The summed E-state index contributed by atoms with van der Waals surface area (Å²) in [6, 6.07) is 11.3. The molecular formula is C19H21BrN2O2S. The average molecular weight is 421 g/mol. The van der Waals surface area contributed by atoms with Crippen LogP contribution >= 0.6 is 28.1 Å². The van der Waals surface area contributed by atoms with Crippen LogP contribution in [-0.4, -0.2) is 17.6 Å². The van der Waals surface area contributed by atoms with Gasteiger partial charge in [0, 0.05) is 10.2 Å². The largest absolute Gasteiger partial charge is 0.493 e. The highest BCUT2D eigenvalue weighted by atomic mass is 79.9. The first-order valence-electron chi connectivity index (χ1n) is 8.02. The lowest BCUT2D eigenvalue weighted by Crippen LogP contribution is -2.34. The Balaban J connectivity index is 2.09. The van der Waals surface area contributed by atoms with Crippen molar-refractivity contribution in [2.24, 2.45) is 0 Å². The standard InChI is InChI=1S/C19H21BrN2O2S/c1-4-9-24-17-8-6-14(20)11-16(17)18(23)22-19(25)21-15-7-5-12(2)13(3)10-15/h5-8,10-11H,4,9H2,1-3H3,(H2,21,22,23,25). The molecule has 0 aliphatic rings. The van der Waals surface area contributed by atoms with E-state index in [-0.39, 0.29) is 11.0 Å². The summed E-state index contributed by atoms with van der Waals surface area (Å²) in [4.78, 5) is 12.6. The number of thiocarbonyl (C=S) groups is 1. The Morgan fingerprint density at radius 1 is 1.16 bits per heavy atom. The van der Waals surface area contributed by atoms with Crippen molar-refractivity contribution in [1.29, 1.82) is 0 Å². The lowest BCUT2D eigenvalue weighted by molar-refractivity contribution is 0.0973. The Kier molecular flexibility index (Phi) is 6.96. The summed E-state index contributed by atoms with van der Waals surface area (Å²) in [5.74, 6) is 0.227. The highest BCUT2D eigenvalue weighted by Crippen LogP contribution is 2.23. The minimum atomic E-state index is -0.311. The normalized spacial score (nSPS) is 10.2. The second-order valence-corrected chi connectivity index (χ2v) is 7.02. The highest BCUT2D eigenvalue weighted by Gasteiger charge is 2.15. The van der Waals surface area contributed by atoms with Crippen LogP contribution in [0.2, 0.25) is 0 Å². The molecule has 0 saturated carbocycles. The van der Waals surface area contributed by atoms with Gasteiger partial charge >= 0.3 is 0 Å². The molecule has 2 aromatic rings. The van der Waals surface area contributed by atoms with Crippen LogP contribution in [-0.2, 0) is 0 Å². The van der Waals surface area contributed by atoms with Gasteiger partial charge in [0.05, 0.1) is 12.2 Å². The van der Waals surface area contributed by atoms with Gasteiger partial charge in [0.1, 0.15) is 5.75 Å². The highest BCUT2D eigenvalue weighted by molar-refractivity contribution is 9.10. The Morgan fingerprint density at radius 3 is 2.60 bits per heavy atom. The van der Waals surface area contributed by atoms with Gasteiger partial charge in [0.2, 0.25) is 0 Å². The maximum Gasteiger partial charge on any atom is 0.261 e. The van der Waals surface area contributed by atoms with Gasteiger partial charge in [0.15, 0.2) is 5.11 Å². The zero-order chi connectivity index (χ0) is 18.4. The number of anilines is 1. The van der Waals surface area contributed by atoms with Crippen LogP contribution in [0.25, 0.3) is 0 Å². The molecule has 0 fully saturated rings. The van der Waals surface area contributed by atoms with E-state index in [4.69, 9.17) is 17.0 Å². The third kappa shape index (κ3) is 5.54. The smallest absolute Gasteiger partial charge is 0.261 e. The molecule has 2 aromatic carbocycles. The Hall–Kier alpha value is -1.92. The first kappa shape index (κ1) is 19.4. The quantitative estimate of drug-likeness (QED) is 0.669. The van der Waals surface area contributed by atoms with Crippen LogP contribution in [0, 0.1) is 13.8 Å². The van der Waals surface area contributed by atoms with Gasteiger partial charge in [-0.2, -0.15) is 0 Å². The molecule has 1 amide bonds. The van der Waals surface area contributed by atoms with Crippen molar-refractivity contribution < 1.29 is 9.53 Å². The number of carbonyl (C=O) groups is 1. The molecule has 2 rings (SSSR count). The fourth-order valence-corrected chi connectivity index (χ4v) is 2.74. The minimum Gasteiger partial charge on any atom is -0.493 e. The molecule has 132 valence electrons. The fourth-order valence-electron chi connectivity index (χ4n) is 2.17. The molecule has 0 aliphatic carbocycles. The van der Waals surface area contributed by atoms with Gasteiger partial charge in [-0.15, -0.1) is 0 Å². The van der Waals surface area contributed by atoms with Crippen LogP contribution < -0.4 is 15.4 Å². The second-order valence-electron chi connectivity index (χ2n) is 5.70. The topological polar surface area (TPSA) is 50.4 Å². The Bertz CT molecular complexity index is 793. The predicted octanol–water partition coefficient (Wildman–Crippen LogP) is 4.98. The number of halogens is 1. The zero-order valence-electron chi connectivity index (χ0n) is 14.5. The van der Waals surface area contributed by atoms with Crippen LogP contribution in [0.15, 0.2) is 40.9 Å². The summed E-state index contributed by atoms with van der Waals surface area (Å²) in [7, 11) is 0. The van der Waals surface area contributed by atoms with Gasteiger partial charge in [-0.1, -0.05) is 28.9 Å². The SMILES string of the molecule is CCCOc1ccc(Br)cc1C(=O)NC(=S)Nc1ccc(C)c(C)c1. The van der Waals surface area contributed by atoms with E-state index >= 15 is 0 Å². The summed E-state index contributed by atoms with van der Waals surface area (Å²) >= 11 is 8.64. The molecule has 4 nitrogen and oxygen atoms in total. The van der Waals surface area contributed by atoms with Crippen LogP contribution in [0.1, 0.15) is 34.8 Å². The first-order chi connectivity index (χ1) is 11.9. The lowest BCUT2D eigenvalue weighted by Gasteiger charge is -2.14. The number of hydrogen-bond donors (Lipinski definition) is 2. The number of nitrogens with one attached hydrogen (secondary N) is 2. The summed E-state index contributed by atoms with van der Waals surface area (Å²) in [6.45, 7) is 6.64. The van der Waals surface area contributed by atoms with E-state index in [1.807, 2.05) is 45.0 Å². The predicted molar refractivity (Wildman–Crippen MR) is 110 cm³/mol. The lowest BCUT2D eigenvalue weighted by atomic mass is 10.1. The number of aryl methyl sites for hydroxylation is 2. The van der Waals surface area contributed by atoms with Gasteiger partial charge < -0.3 is 10.1 Å². The minimum absolute atomic E-state index is 0.245. The number of rotatable bonds is 5. The zero-order valence-corrected chi connectivity index (χ0v) is 16.9. The molecule has 0 aliphatic heterocycles. The molecule has 0 heterocycles. The molecule has 6 heteroatoms. The molecular weight excluding hydrogens is 400 g/mol. The van der Waals surface area contributed by atoms with Crippen molar-refractivity contribution in [3.63, 3.8) is 0 Å². The Labute approximate surface area is 162 Å². The summed E-state index contributed by atoms with van der Waals surface area (Å²) in [5, 5.41) is 5.98. The summed E-state index contributed by atoms with van der Waals surface area (Å²) < 4.78 is 6.45. The fraction of sp³-hybridized carbons (Fsp3) is 0.263. The molecule has 0 saturated heterocycles. The van der Waals surface area contributed by atoms with Gasteiger partial charge in [-0.05, 0) is 73.9 Å². The third-order valence-corrected chi connectivity index (χ3v) is 4.34. The van der Waals surface area contributed by atoms with Crippen LogP contribution in [0.4, 0.5) is 5.69 Å². The number of carbonyl (C=O) groups excluding carboxylic acids is 1. The van der Waals surface area contributed by atoms with E-state index in [0.717, 1.165) is 22.1 Å². The van der Waals surface area contributed by atoms with E-state index in [2.05, 4.69) is 26.6 Å². The van der Waals surface area contributed by atoms with E-state index in [9.17, 15) is 4.79 Å². The van der Waals surface area contributed by atoms with E-state index in [0.29, 0.717) is 17.9 Å². The molecule has 0 atom stereocenters. The first-order valence-corrected chi connectivity index (χ1v) is 9.22.